The highest BCUT2D eigenvalue weighted by molar-refractivity contribution is 6.17. The lowest BCUT2D eigenvalue weighted by Gasteiger charge is -1.85. The Morgan fingerprint density at radius 3 is 2.70 bits per heavy atom. The van der Waals surface area contributed by atoms with Crippen molar-refractivity contribution in [3.63, 3.8) is 0 Å². The molecule has 0 radical (unpaired) electrons. The summed E-state index contributed by atoms with van der Waals surface area (Å²) in [5.74, 6) is 0.675. The average Bonchev–Trinajstić information content (AvgIpc) is 2.17. The summed E-state index contributed by atoms with van der Waals surface area (Å²) in [6.07, 6.45) is 6.00. The van der Waals surface area contributed by atoms with Gasteiger partial charge in [-0.25, -0.2) is 9.13 Å². The van der Waals surface area contributed by atoms with Crippen LogP contribution in [0.4, 0.5) is 0 Å². The Balaban J connectivity index is 0.000000810. The van der Waals surface area contributed by atoms with Crippen molar-refractivity contribution in [1.29, 1.82) is 0 Å². The molecule has 0 unspecified atom stereocenters. The smallest absolute Gasteiger partial charge is 0.243 e. The topological polar surface area (TPSA) is 8.81 Å². The number of alkyl halides is 1. The minimum Gasteiger partial charge on any atom is -1.00 e. The second-order valence-electron chi connectivity index (χ2n) is 2.01. The van der Waals surface area contributed by atoms with E-state index in [0.717, 1.165) is 6.54 Å². The summed E-state index contributed by atoms with van der Waals surface area (Å²) in [5.41, 5.74) is 0. The van der Waals surface area contributed by atoms with E-state index < -0.39 is 0 Å². The first-order valence-corrected chi connectivity index (χ1v) is 3.43. The second-order valence-corrected chi connectivity index (χ2v) is 2.38. The summed E-state index contributed by atoms with van der Waals surface area (Å²) in [5, 5.41) is 0. The third-order valence-corrected chi connectivity index (χ3v) is 1.34. The predicted octanol–water partition coefficient (Wildman–Crippen LogP) is -2.44. The van der Waals surface area contributed by atoms with Gasteiger partial charge in [-0.1, -0.05) is 0 Å². The maximum Gasteiger partial charge on any atom is 0.243 e. The monoisotopic (exact) mass is 224 g/mol. The number of aromatic nitrogens is 2. The van der Waals surface area contributed by atoms with Crippen LogP contribution in [-0.4, -0.2) is 10.4 Å². The van der Waals surface area contributed by atoms with Crippen LogP contribution >= 0.6 is 11.6 Å². The highest BCUT2D eigenvalue weighted by atomic mass is 79.9. The summed E-state index contributed by atoms with van der Waals surface area (Å²) in [7, 11) is 1.99. The van der Waals surface area contributed by atoms with Crippen molar-refractivity contribution in [3.05, 3.63) is 18.7 Å². The van der Waals surface area contributed by atoms with E-state index in [4.69, 9.17) is 11.6 Å². The Bertz CT molecular complexity index is 188. The highest BCUT2D eigenvalue weighted by Gasteiger charge is 1.95. The summed E-state index contributed by atoms with van der Waals surface area (Å²) in [4.78, 5) is 0. The summed E-state index contributed by atoms with van der Waals surface area (Å²) >= 11 is 5.52. The fourth-order valence-electron chi connectivity index (χ4n) is 0.732. The van der Waals surface area contributed by atoms with E-state index >= 15 is 0 Å². The quantitative estimate of drug-likeness (QED) is 0.391. The van der Waals surface area contributed by atoms with Crippen LogP contribution in [0.2, 0.25) is 0 Å². The van der Waals surface area contributed by atoms with E-state index in [-0.39, 0.29) is 17.0 Å². The molecule has 1 rings (SSSR count). The van der Waals surface area contributed by atoms with E-state index in [1.807, 2.05) is 34.9 Å². The molecule has 1 heterocycles. The first-order valence-electron chi connectivity index (χ1n) is 2.90. The fraction of sp³-hybridized carbons (Fsp3) is 0.500. The maximum absolute atomic E-state index is 5.52. The van der Waals surface area contributed by atoms with Crippen LogP contribution in [-0.2, 0) is 13.6 Å². The van der Waals surface area contributed by atoms with Gasteiger partial charge in [-0.2, -0.15) is 0 Å². The van der Waals surface area contributed by atoms with Gasteiger partial charge in [-0.15, -0.1) is 11.6 Å². The van der Waals surface area contributed by atoms with E-state index in [0.29, 0.717) is 5.88 Å². The summed E-state index contributed by atoms with van der Waals surface area (Å²) in [6.45, 7) is 0.891. The van der Waals surface area contributed by atoms with Gasteiger partial charge in [0.15, 0.2) is 0 Å². The molecule has 0 amide bonds. The molecule has 0 aliphatic carbocycles. The second kappa shape index (κ2) is 4.74. The average molecular weight is 226 g/mol. The van der Waals surface area contributed by atoms with Gasteiger partial charge in [0.25, 0.3) is 0 Å². The minimum atomic E-state index is 0. The van der Waals surface area contributed by atoms with Gasteiger partial charge in [0.05, 0.1) is 12.9 Å². The number of imidazole rings is 1. The van der Waals surface area contributed by atoms with Crippen molar-refractivity contribution in [2.24, 2.45) is 7.05 Å². The van der Waals surface area contributed by atoms with Crippen molar-refractivity contribution >= 4 is 11.6 Å². The molecule has 0 spiro atoms. The SMILES string of the molecule is C[n+]1ccn(CCCl)c1.[Br-]. The van der Waals surface area contributed by atoms with Gasteiger partial charge in [0.1, 0.15) is 18.9 Å². The van der Waals surface area contributed by atoms with Gasteiger partial charge in [-0.05, 0) is 0 Å². The number of nitrogens with zero attached hydrogens (tertiary/aromatic N) is 2. The van der Waals surface area contributed by atoms with Crippen molar-refractivity contribution in [2.75, 3.05) is 5.88 Å². The normalized spacial score (nSPS) is 9.00. The highest BCUT2D eigenvalue weighted by Crippen LogP contribution is 1.84. The molecule has 0 aliphatic rings. The van der Waals surface area contributed by atoms with Crippen LogP contribution < -0.4 is 21.5 Å². The fourth-order valence-corrected chi connectivity index (χ4v) is 0.927. The Labute approximate surface area is 76.2 Å². The van der Waals surface area contributed by atoms with E-state index in [1.54, 1.807) is 0 Å². The minimum absolute atomic E-state index is 0. The molecule has 58 valence electrons. The standard InChI is InChI=1S/C6H10ClN2.BrH/c1-8-4-5-9(6-8)3-2-7;/h4-6H,2-3H2,1H3;1H/q+1;/p-1. The van der Waals surface area contributed by atoms with Crippen LogP contribution in [0.1, 0.15) is 0 Å². The summed E-state index contributed by atoms with van der Waals surface area (Å²) < 4.78 is 4.04. The number of hydrogen-bond acceptors (Lipinski definition) is 0. The van der Waals surface area contributed by atoms with Crippen molar-refractivity contribution in [1.82, 2.24) is 4.57 Å². The molecular weight excluding hydrogens is 215 g/mol. The van der Waals surface area contributed by atoms with Crippen LogP contribution in [0.5, 0.6) is 0 Å². The third kappa shape index (κ3) is 2.71. The third-order valence-electron chi connectivity index (χ3n) is 1.17. The van der Waals surface area contributed by atoms with Crippen LogP contribution in [0, 0.1) is 0 Å². The molecule has 0 saturated carbocycles. The molecule has 10 heavy (non-hydrogen) atoms. The van der Waals surface area contributed by atoms with E-state index in [9.17, 15) is 0 Å². The van der Waals surface area contributed by atoms with Crippen LogP contribution in [0.25, 0.3) is 0 Å². The largest absolute Gasteiger partial charge is 1.00 e. The molecule has 0 atom stereocenters. The van der Waals surface area contributed by atoms with E-state index in [1.165, 1.54) is 0 Å². The molecule has 0 N–H and O–H groups in total. The molecule has 0 fully saturated rings. The number of halogens is 2. The Kier molecular flexibility index (Phi) is 4.73. The zero-order valence-corrected chi connectivity index (χ0v) is 8.14. The first kappa shape index (κ1) is 9.98. The Hall–Kier alpha value is -0.0200. The van der Waals surface area contributed by atoms with Gasteiger partial charge in [-0.3, -0.25) is 0 Å². The number of rotatable bonds is 2. The van der Waals surface area contributed by atoms with E-state index in [2.05, 4.69) is 0 Å². The van der Waals surface area contributed by atoms with Gasteiger partial charge >= 0.3 is 0 Å². The number of hydrogen-bond donors (Lipinski definition) is 0. The zero-order chi connectivity index (χ0) is 6.69. The van der Waals surface area contributed by atoms with Crippen molar-refractivity contribution in [3.8, 4) is 0 Å². The lowest BCUT2D eigenvalue weighted by molar-refractivity contribution is -0.671. The first-order chi connectivity index (χ1) is 4.33. The van der Waals surface area contributed by atoms with Gasteiger partial charge < -0.3 is 17.0 Å². The van der Waals surface area contributed by atoms with Gasteiger partial charge in [0.2, 0.25) is 6.33 Å². The van der Waals surface area contributed by atoms with Gasteiger partial charge in [0, 0.05) is 0 Å². The van der Waals surface area contributed by atoms with Crippen molar-refractivity contribution in [2.45, 2.75) is 6.54 Å². The Morgan fingerprint density at radius 2 is 2.30 bits per heavy atom. The van der Waals surface area contributed by atoms with Crippen LogP contribution in [0.15, 0.2) is 18.7 Å². The zero-order valence-electron chi connectivity index (χ0n) is 5.80. The lowest BCUT2D eigenvalue weighted by Crippen LogP contribution is -3.00. The predicted molar refractivity (Wildman–Crippen MR) is 36.3 cm³/mol. The molecule has 1 aromatic rings. The molecule has 0 saturated heterocycles. The molecular formula is C6H10BrClN2. The summed E-state index contributed by atoms with van der Waals surface area (Å²) in [6, 6.07) is 0. The molecule has 0 bridgehead atoms. The molecule has 0 aliphatic heterocycles. The molecule has 1 aromatic heterocycles. The number of aryl methyl sites for hydroxylation is 2. The molecule has 0 aromatic carbocycles. The van der Waals surface area contributed by atoms with Crippen LogP contribution in [0.3, 0.4) is 0 Å². The lowest BCUT2D eigenvalue weighted by atomic mass is 10.7. The molecule has 2 nitrogen and oxygen atoms in total. The maximum atomic E-state index is 5.52. The van der Waals surface area contributed by atoms with Crippen molar-refractivity contribution < 1.29 is 21.5 Å². The Morgan fingerprint density at radius 1 is 1.60 bits per heavy atom. The molecule has 4 heteroatoms.